The zero-order chi connectivity index (χ0) is 15.4. The first kappa shape index (κ1) is 15.4. The van der Waals surface area contributed by atoms with E-state index < -0.39 is 0 Å². The van der Waals surface area contributed by atoms with Crippen LogP contribution in [0, 0.1) is 5.92 Å². The number of hydrogen-bond acceptors (Lipinski definition) is 3. The fraction of sp³-hybridized carbons (Fsp3) is 0.400. The van der Waals surface area contributed by atoms with Crippen LogP contribution in [0.4, 0.5) is 5.69 Å². The zero-order valence-corrected chi connectivity index (χ0v) is 12.9. The second kappa shape index (κ2) is 6.67. The van der Waals surface area contributed by atoms with Crippen molar-refractivity contribution in [1.29, 1.82) is 0 Å². The topological polar surface area (TPSA) is 70.2 Å². The molecule has 2 rings (SSSR count). The van der Waals surface area contributed by atoms with Crippen molar-refractivity contribution in [2.45, 2.75) is 32.7 Å². The van der Waals surface area contributed by atoms with Gasteiger partial charge in [-0.15, -0.1) is 0 Å². The van der Waals surface area contributed by atoms with E-state index in [1.54, 1.807) is 24.3 Å². The molecule has 2 amide bonds. The molecule has 5 nitrogen and oxygen atoms in total. The maximum Gasteiger partial charge on any atom is 0.251 e. The highest BCUT2D eigenvalue weighted by Gasteiger charge is 2.29. The molecular weight excluding hydrogens is 286 g/mol. The van der Waals surface area contributed by atoms with Gasteiger partial charge in [-0.3, -0.25) is 9.59 Å². The largest absolute Gasteiger partial charge is 0.350 e. The first-order valence-electron chi connectivity index (χ1n) is 6.98. The monoisotopic (exact) mass is 305 g/mol. The molecule has 1 aliphatic rings. The van der Waals surface area contributed by atoms with Gasteiger partial charge in [-0.1, -0.05) is 0 Å². The molecule has 0 bridgehead atoms. The molecule has 1 aliphatic carbocycles. The first-order valence-corrected chi connectivity index (χ1v) is 7.39. The Morgan fingerprint density at radius 3 is 2.33 bits per heavy atom. The van der Waals surface area contributed by atoms with Crippen molar-refractivity contribution in [1.82, 2.24) is 10.6 Å². The van der Waals surface area contributed by atoms with Gasteiger partial charge in [0.05, 0.1) is 0 Å². The van der Waals surface area contributed by atoms with Crippen LogP contribution in [0.15, 0.2) is 24.3 Å². The summed E-state index contributed by atoms with van der Waals surface area (Å²) in [4.78, 5) is 23.4. The maximum absolute atomic E-state index is 11.8. The van der Waals surface area contributed by atoms with Gasteiger partial charge in [0.15, 0.2) is 5.11 Å². The van der Waals surface area contributed by atoms with Gasteiger partial charge in [0, 0.05) is 23.2 Å². The van der Waals surface area contributed by atoms with Crippen LogP contribution >= 0.6 is 12.2 Å². The minimum Gasteiger partial charge on any atom is -0.350 e. The summed E-state index contributed by atoms with van der Waals surface area (Å²) < 4.78 is 0. The number of amides is 2. The molecule has 0 heterocycles. The van der Waals surface area contributed by atoms with Gasteiger partial charge >= 0.3 is 0 Å². The van der Waals surface area contributed by atoms with Gasteiger partial charge in [0.1, 0.15) is 0 Å². The number of carbonyl (C=O) groups excluding carboxylic acids is 2. The molecular formula is C15H19N3O2S. The van der Waals surface area contributed by atoms with E-state index >= 15 is 0 Å². The standard InChI is InChI=1S/C15H19N3O2S/c1-9(2)16-13(19)11-5-7-12(8-6-11)17-15(21)18-14(20)10-3-4-10/h5-10H,3-4H2,1-2H3,(H,16,19)(H2,17,18,20,21). The smallest absolute Gasteiger partial charge is 0.251 e. The minimum absolute atomic E-state index is 0.0274. The van der Waals surface area contributed by atoms with Crippen molar-refractivity contribution >= 4 is 34.8 Å². The predicted octanol–water partition coefficient (Wildman–Crippen LogP) is 2.05. The molecule has 1 aromatic carbocycles. The average Bonchev–Trinajstić information content (AvgIpc) is 3.22. The maximum atomic E-state index is 11.8. The molecule has 6 heteroatoms. The molecule has 0 radical (unpaired) electrons. The van der Waals surface area contributed by atoms with Gasteiger partial charge in [-0.05, 0) is 63.2 Å². The van der Waals surface area contributed by atoms with Crippen molar-refractivity contribution in [2.75, 3.05) is 5.32 Å². The lowest BCUT2D eigenvalue weighted by molar-refractivity contribution is -0.120. The summed E-state index contributed by atoms with van der Waals surface area (Å²) in [6.07, 6.45) is 1.88. The summed E-state index contributed by atoms with van der Waals surface area (Å²) in [6, 6.07) is 7.03. The number of nitrogens with one attached hydrogen (secondary N) is 3. The van der Waals surface area contributed by atoms with Gasteiger partial charge in [0.2, 0.25) is 5.91 Å². The Hall–Kier alpha value is -1.95. The number of benzene rings is 1. The predicted molar refractivity (Wildman–Crippen MR) is 86.1 cm³/mol. The number of thiocarbonyl (C=S) groups is 1. The summed E-state index contributed by atoms with van der Waals surface area (Å²) in [5.74, 6) is -0.0200. The van der Waals surface area contributed by atoms with Crippen LogP contribution in [-0.4, -0.2) is 23.0 Å². The summed E-state index contributed by atoms with van der Waals surface area (Å²) in [5, 5.41) is 8.69. The van der Waals surface area contributed by atoms with E-state index in [-0.39, 0.29) is 28.9 Å². The van der Waals surface area contributed by atoms with Gasteiger partial charge < -0.3 is 16.0 Å². The van der Waals surface area contributed by atoms with E-state index in [2.05, 4.69) is 16.0 Å². The number of hydrogen-bond donors (Lipinski definition) is 3. The second-order valence-corrected chi connectivity index (χ2v) is 5.83. The lowest BCUT2D eigenvalue weighted by Crippen LogP contribution is -2.35. The molecule has 1 fully saturated rings. The Balaban J connectivity index is 1.88. The van der Waals surface area contributed by atoms with Crippen molar-refractivity contribution in [3.63, 3.8) is 0 Å². The minimum atomic E-state index is -0.110. The lowest BCUT2D eigenvalue weighted by atomic mass is 10.2. The summed E-state index contributed by atoms with van der Waals surface area (Å²) in [7, 11) is 0. The Labute approximate surface area is 129 Å². The van der Waals surface area contributed by atoms with Crippen molar-refractivity contribution in [3.05, 3.63) is 29.8 Å². The van der Waals surface area contributed by atoms with E-state index in [0.29, 0.717) is 5.56 Å². The second-order valence-electron chi connectivity index (χ2n) is 5.42. The Morgan fingerprint density at radius 2 is 1.81 bits per heavy atom. The van der Waals surface area contributed by atoms with Crippen molar-refractivity contribution < 1.29 is 9.59 Å². The molecule has 0 spiro atoms. The Kier molecular flexibility index (Phi) is 4.90. The highest BCUT2D eigenvalue weighted by molar-refractivity contribution is 7.80. The number of carbonyl (C=O) groups is 2. The highest BCUT2D eigenvalue weighted by Crippen LogP contribution is 2.28. The molecule has 3 N–H and O–H groups in total. The molecule has 21 heavy (non-hydrogen) atoms. The third kappa shape index (κ3) is 4.82. The molecule has 0 saturated heterocycles. The van der Waals surface area contributed by atoms with E-state index in [4.69, 9.17) is 12.2 Å². The third-order valence-corrected chi connectivity index (χ3v) is 3.21. The van der Waals surface area contributed by atoms with Gasteiger partial charge in [-0.25, -0.2) is 0 Å². The van der Waals surface area contributed by atoms with E-state index in [1.807, 2.05) is 13.8 Å². The van der Waals surface area contributed by atoms with Crippen LogP contribution in [0.5, 0.6) is 0 Å². The fourth-order valence-electron chi connectivity index (χ4n) is 1.77. The number of anilines is 1. The van der Waals surface area contributed by atoms with Crippen LogP contribution < -0.4 is 16.0 Å². The van der Waals surface area contributed by atoms with Crippen LogP contribution in [0.1, 0.15) is 37.0 Å². The molecule has 1 aromatic rings. The van der Waals surface area contributed by atoms with Crippen LogP contribution in [-0.2, 0) is 4.79 Å². The summed E-state index contributed by atoms with van der Waals surface area (Å²) >= 11 is 5.08. The normalized spacial score (nSPS) is 13.7. The van der Waals surface area contributed by atoms with Crippen LogP contribution in [0.25, 0.3) is 0 Å². The number of rotatable bonds is 4. The SMILES string of the molecule is CC(C)NC(=O)c1ccc(NC(=S)NC(=O)C2CC2)cc1. The molecule has 112 valence electrons. The average molecular weight is 305 g/mol. The first-order chi connectivity index (χ1) is 9.95. The van der Waals surface area contributed by atoms with Gasteiger partial charge in [-0.2, -0.15) is 0 Å². The molecule has 1 saturated carbocycles. The van der Waals surface area contributed by atoms with E-state index in [1.165, 1.54) is 0 Å². The van der Waals surface area contributed by atoms with Crippen LogP contribution in [0.2, 0.25) is 0 Å². The fourth-order valence-corrected chi connectivity index (χ4v) is 1.99. The third-order valence-electron chi connectivity index (χ3n) is 3.01. The Morgan fingerprint density at radius 1 is 1.19 bits per heavy atom. The van der Waals surface area contributed by atoms with Crippen LogP contribution in [0.3, 0.4) is 0 Å². The Bertz CT molecular complexity index is 551. The molecule has 0 aromatic heterocycles. The van der Waals surface area contributed by atoms with Gasteiger partial charge in [0.25, 0.3) is 5.91 Å². The van der Waals surface area contributed by atoms with Crippen molar-refractivity contribution in [2.24, 2.45) is 5.92 Å². The quantitative estimate of drug-likeness (QED) is 0.745. The van der Waals surface area contributed by atoms with Crippen molar-refractivity contribution in [3.8, 4) is 0 Å². The summed E-state index contributed by atoms with van der Waals surface area (Å²) in [6.45, 7) is 3.82. The summed E-state index contributed by atoms with van der Waals surface area (Å²) in [5.41, 5.74) is 1.32. The lowest BCUT2D eigenvalue weighted by Gasteiger charge is -2.11. The van der Waals surface area contributed by atoms with E-state index in [9.17, 15) is 9.59 Å². The molecule has 0 unspecified atom stereocenters. The zero-order valence-electron chi connectivity index (χ0n) is 12.1. The molecule has 0 atom stereocenters. The highest BCUT2D eigenvalue weighted by atomic mass is 32.1. The molecule has 0 aliphatic heterocycles. The van der Waals surface area contributed by atoms with E-state index in [0.717, 1.165) is 18.5 Å².